The Kier molecular flexibility index (Phi) is 4.19. The molecule has 2 rings (SSSR count). The molecular weight excluding hydrogens is 262 g/mol. The summed E-state index contributed by atoms with van der Waals surface area (Å²) in [6, 6.07) is 6.14. The minimum atomic E-state index is -0.272. The molecule has 0 unspecified atom stereocenters. The lowest BCUT2D eigenvalue weighted by Gasteiger charge is -2.15. The molecule has 0 atom stereocenters. The van der Waals surface area contributed by atoms with E-state index in [0.717, 1.165) is 0 Å². The molecule has 0 aliphatic carbocycles. The van der Waals surface area contributed by atoms with Crippen molar-refractivity contribution < 1.29 is 15.0 Å². The third kappa shape index (κ3) is 3.56. The maximum atomic E-state index is 12.0. The van der Waals surface area contributed by atoms with Crippen LogP contribution in [0.1, 0.15) is 15.9 Å². The van der Waals surface area contributed by atoms with Crippen LogP contribution in [-0.4, -0.2) is 34.5 Å². The fourth-order valence-corrected chi connectivity index (χ4v) is 2.44. The number of carbonyl (C=O) groups excluding carboxylic acids is 1. The molecule has 4 nitrogen and oxygen atoms in total. The zero-order valence-corrected chi connectivity index (χ0v) is 11.4. The highest BCUT2D eigenvalue weighted by Gasteiger charge is 2.12. The van der Waals surface area contributed by atoms with Crippen LogP contribution in [0.3, 0.4) is 0 Å². The number of carbonyl (C=O) groups is 1. The van der Waals surface area contributed by atoms with Gasteiger partial charge >= 0.3 is 0 Å². The van der Waals surface area contributed by atoms with Crippen molar-refractivity contribution in [2.45, 2.75) is 6.54 Å². The second kappa shape index (κ2) is 5.86. The Labute approximate surface area is 115 Å². The highest BCUT2D eigenvalue weighted by atomic mass is 32.1. The van der Waals surface area contributed by atoms with E-state index < -0.39 is 0 Å². The van der Waals surface area contributed by atoms with Gasteiger partial charge in [-0.05, 0) is 47.6 Å². The summed E-state index contributed by atoms with van der Waals surface area (Å²) in [4.78, 5) is 13.9. The molecule has 5 heteroatoms. The number of phenolic OH excluding ortho intramolecular Hbond substituents is 2. The largest absolute Gasteiger partial charge is 0.504 e. The van der Waals surface area contributed by atoms with Crippen molar-refractivity contribution in [2.24, 2.45) is 0 Å². The van der Waals surface area contributed by atoms with Crippen molar-refractivity contribution >= 4 is 17.1 Å². The van der Waals surface area contributed by atoms with E-state index in [1.165, 1.54) is 23.8 Å². The van der Waals surface area contributed by atoms with Crippen LogP contribution in [0.15, 0.2) is 35.0 Å². The molecule has 2 aromatic rings. The van der Waals surface area contributed by atoms with Crippen molar-refractivity contribution in [1.82, 2.24) is 4.90 Å². The quantitative estimate of drug-likeness (QED) is 0.651. The number of hydrogen-bond acceptors (Lipinski definition) is 5. The Bertz CT molecular complexity index is 566. The highest BCUT2D eigenvalue weighted by Crippen LogP contribution is 2.25. The maximum absolute atomic E-state index is 12.0. The number of hydrogen-bond donors (Lipinski definition) is 2. The third-order valence-corrected chi connectivity index (χ3v) is 3.48. The summed E-state index contributed by atoms with van der Waals surface area (Å²) in [6.45, 7) is 0.972. The van der Waals surface area contributed by atoms with E-state index in [1.807, 2.05) is 28.8 Å². The number of Topliss-reactive ketones (excluding diaryl/α,β-unsaturated/α-hetero) is 1. The van der Waals surface area contributed by atoms with Crippen molar-refractivity contribution in [3.8, 4) is 11.5 Å². The molecule has 19 heavy (non-hydrogen) atoms. The number of aromatic hydroxyl groups is 2. The monoisotopic (exact) mass is 277 g/mol. The first-order chi connectivity index (χ1) is 9.06. The molecule has 0 spiro atoms. The summed E-state index contributed by atoms with van der Waals surface area (Å²) >= 11 is 1.63. The molecular formula is C14H15NO3S. The van der Waals surface area contributed by atoms with E-state index >= 15 is 0 Å². The summed E-state index contributed by atoms with van der Waals surface area (Å²) in [7, 11) is 1.87. The molecule has 100 valence electrons. The predicted molar refractivity (Wildman–Crippen MR) is 74.8 cm³/mol. The van der Waals surface area contributed by atoms with Gasteiger partial charge < -0.3 is 10.2 Å². The summed E-state index contributed by atoms with van der Waals surface area (Å²) in [6.07, 6.45) is 0. The van der Waals surface area contributed by atoms with Crippen molar-refractivity contribution in [2.75, 3.05) is 13.6 Å². The Morgan fingerprint density at radius 3 is 2.68 bits per heavy atom. The molecule has 0 saturated carbocycles. The molecule has 0 aliphatic rings. The Morgan fingerprint density at radius 2 is 2.05 bits per heavy atom. The molecule has 0 radical (unpaired) electrons. The fourth-order valence-electron chi connectivity index (χ4n) is 1.78. The smallest absolute Gasteiger partial charge is 0.176 e. The first-order valence-corrected chi connectivity index (χ1v) is 6.75. The standard InChI is InChI=1S/C14H15NO3S/c1-15(7-10-4-5-19-9-10)8-14(18)11-2-3-12(16)13(17)6-11/h2-6,9,16-17H,7-8H2,1H3. The zero-order valence-electron chi connectivity index (χ0n) is 10.5. The molecule has 0 bridgehead atoms. The molecule has 0 aliphatic heterocycles. The van der Waals surface area contributed by atoms with Crippen LogP contribution < -0.4 is 0 Å². The summed E-state index contributed by atoms with van der Waals surface area (Å²) in [5.74, 6) is -0.581. The van der Waals surface area contributed by atoms with Crippen LogP contribution in [0.2, 0.25) is 0 Å². The second-order valence-electron chi connectivity index (χ2n) is 4.43. The number of benzene rings is 1. The molecule has 1 heterocycles. The summed E-state index contributed by atoms with van der Waals surface area (Å²) < 4.78 is 0. The van der Waals surface area contributed by atoms with Gasteiger partial charge in [-0.25, -0.2) is 0 Å². The topological polar surface area (TPSA) is 60.8 Å². The number of thiophene rings is 1. The van der Waals surface area contributed by atoms with Gasteiger partial charge in [0.1, 0.15) is 0 Å². The van der Waals surface area contributed by atoms with Crippen molar-refractivity contribution in [1.29, 1.82) is 0 Å². The molecule has 0 amide bonds. The van der Waals surface area contributed by atoms with Gasteiger partial charge in [0, 0.05) is 12.1 Å². The van der Waals surface area contributed by atoms with Gasteiger partial charge in [-0.2, -0.15) is 11.3 Å². The lowest BCUT2D eigenvalue weighted by molar-refractivity contribution is 0.0942. The van der Waals surface area contributed by atoms with Gasteiger partial charge in [0.25, 0.3) is 0 Å². The second-order valence-corrected chi connectivity index (χ2v) is 5.21. The predicted octanol–water partition coefficient (Wildman–Crippen LogP) is 2.47. The highest BCUT2D eigenvalue weighted by molar-refractivity contribution is 7.07. The van der Waals surface area contributed by atoms with E-state index in [4.69, 9.17) is 0 Å². The summed E-state index contributed by atoms with van der Waals surface area (Å²) in [5.41, 5.74) is 1.57. The van der Waals surface area contributed by atoms with Crippen LogP contribution in [0.4, 0.5) is 0 Å². The Balaban J connectivity index is 1.98. The molecule has 2 N–H and O–H groups in total. The van der Waals surface area contributed by atoms with Crippen LogP contribution in [-0.2, 0) is 6.54 Å². The number of phenols is 2. The molecule has 0 saturated heterocycles. The van der Waals surface area contributed by atoms with Gasteiger partial charge in [-0.1, -0.05) is 0 Å². The Hall–Kier alpha value is -1.85. The lowest BCUT2D eigenvalue weighted by atomic mass is 10.1. The number of ketones is 1. The molecule has 1 aromatic carbocycles. The van der Waals surface area contributed by atoms with Crippen molar-refractivity contribution in [3.05, 3.63) is 46.2 Å². The van der Waals surface area contributed by atoms with Crippen molar-refractivity contribution in [3.63, 3.8) is 0 Å². The maximum Gasteiger partial charge on any atom is 0.176 e. The fraction of sp³-hybridized carbons (Fsp3) is 0.214. The minimum absolute atomic E-state index is 0.0898. The molecule has 1 aromatic heterocycles. The zero-order chi connectivity index (χ0) is 13.8. The number of nitrogens with zero attached hydrogens (tertiary/aromatic N) is 1. The van der Waals surface area contributed by atoms with Crippen LogP contribution in [0.25, 0.3) is 0 Å². The van der Waals surface area contributed by atoms with E-state index in [9.17, 15) is 15.0 Å². The molecule has 0 fully saturated rings. The van der Waals surface area contributed by atoms with Crippen LogP contribution >= 0.6 is 11.3 Å². The van der Waals surface area contributed by atoms with Crippen LogP contribution in [0, 0.1) is 0 Å². The Morgan fingerprint density at radius 1 is 1.26 bits per heavy atom. The van der Waals surface area contributed by atoms with E-state index in [2.05, 4.69) is 0 Å². The van der Waals surface area contributed by atoms with Crippen LogP contribution in [0.5, 0.6) is 11.5 Å². The average molecular weight is 277 g/mol. The normalized spacial score (nSPS) is 10.8. The number of likely N-dealkylation sites (N-methyl/N-ethyl adjacent to an activating group) is 1. The third-order valence-electron chi connectivity index (χ3n) is 2.74. The van der Waals surface area contributed by atoms with Gasteiger partial charge in [-0.3, -0.25) is 9.69 Å². The lowest BCUT2D eigenvalue weighted by Crippen LogP contribution is -2.25. The first-order valence-electron chi connectivity index (χ1n) is 5.81. The number of rotatable bonds is 5. The van der Waals surface area contributed by atoms with E-state index in [-0.39, 0.29) is 23.8 Å². The van der Waals surface area contributed by atoms with Gasteiger partial charge in [0.15, 0.2) is 17.3 Å². The first kappa shape index (κ1) is 13.6. The minimum Gasteiger partial charge on any atom is -0.504 e. The van der Waals surface area contributed by atoms with E-state index in [1.54, 1.807) is 11.3 Å². The van der Waals surface area contributed by atoms with Gasteiger partial charge in [0.2, 0.25) is 0 Å². The summed E-state index contributed by atoms with van der Waals surface area (Å²) in [5, 5.41) is 22.6. The van der Waals surface area contributed by atoms with E-state index in [0.29, 0.717) is 12.1 Å². The van der Waals surface area contributed by atoms with Gasteiger partial charge in [0.05, 0.1) is 6.54 Å². The average Bonchev–Trinajstić information content (AvgIpc) is 2.85. The van der Waals surface area contributed by atoms with Gasteiger partial charge in [-0.15, -0.1) is 0 Å². The SMILES string of the molecule is CN(CC(=O)c1ccc(O)c(O)c1)Cc1ccsc1.